The van der Waals surface area contributed by atoms with Gasteiger partial charge in [0.05, 0.1) is 31.7 Å². The predicted molar refractivity (Wildman–Crippen MR) is 155 cm³/mol. The van der Waals surface area contributed by atoms with Crippen molar-refractivity contribution in [1.29, 1.82) is 0 Å². The third-order valence-corrected chi connectivity index (χ3v) is 6.38. The van der Waals surface area contributed by atoms with E-state index in [9.17, 15) is 9.18 Å². The maximum atomic E-state index is 14.3. The van der Waals surface area contributed by atoms with Crippen LogP contribution in [0.25, 0.3) is 22.0 Å². The Hall–Kier alpha value is -5.25. The molecule has 5 aromatic rings. The molecule has 1 amide bonds. The summed E-state index contributed by atoms with van der Waals surface area (Å²) in [6, 6.07) is 19.0. The van der Waals surface area contributed by atoms with E-state index in [1.54, 1.807) is 54.7 Å². The van der Waals surface area contributed by atoms with Crippen LogP contribution in [-0.2, 0) is 0 Å². The molecule has 3 aromatic carbocycles. The first-order valence-corrected chi connectivity index (χ1v) is 12.9. The van der Waals surface area contributed by atoms with E-state index in [0.29, 0.717) is 59.2 Å². The average molecular weight is 554 g/mol. The largest absolute Gasteiger partial charge is 0.493 e. The van der Waals surface area contributed by atoms with Crippen LogP contribution in [0.2, 0.25) is 0 Å². The molecule has 10 heteroatoms. The van der Waals surface area contributed by atoms with Crippen LogP contribution in [0.5, 0.6) is 17.4 Å². The predicted octanol–water partition coefficient (Wildman–Crippen LogP) is 5.83. The SMILES string of the molecule is COc1ncc(-c2cc(OCCCOc3ccc(C(=O)Nc4ccccc4N)cc3)c3ncnc(C)c3c2)cc1F. The Bertz CT molecular complexity index is 1690. The fourth-order valence-electron chi connectivity index (χ4n) is 4.21. The molecule has 5 rings (SSSR count). The molecule has 2 aromatic heterocycles. The number of pyridine rings is 1. The second-order valence-electron chi connectivity index (χ2n) is 9.16. The van der Waals surface area contributed by atoms with E-state index in [-0.39, 0.29) is 11.8 Å². The number of amides is 1. The summed E-state index contributed by atoms with van der Waals surface area (Å²) < 4.78 is 31.2. The summed E-state index contributed by atoms with van der Waals surface area (Å²) in [5, 5.41) is 3.60. The molecule has 0 radical (unpaired) electrons. The molecule has 0 spiro atoms. The first-order chi connectivity index (χ1) is 19.9. The Morgan fingerprint density at radius 2 is 1.73 bits per heavy atom. The number of hydrogen-bond donors (Lipinski definition) is 2. The minimum absolute atomic E-state index is 0.0687. The number of rotatable bonds is 10. The molecule has 0 aliphatic rings. The smallest absolute Gasteiger partial charge is 0.255 e. The highest BCUT2D eigenvalue weighted by molar-refractivity contribution is 6.05. The second-order valence-corrected chi connectivity index (χ2v) is 9.16. The van der Waals surface area contributed by atoms with Crippen LogP contribution in [0, 0.1) is 12.7 Å². The number of nitrogens with zero attached hydrogens (tertiary/aromatic N) is 3. The number of nitrogens with one attached hydrogen (secondary N) is 1. The maximum absolute atomic E-state index is 14.3. The Morgan fingerprint density at radius 1 is 0.951 bits per heavy atom. The van der Waals surface area contributed by atoms with Crippen LogP contribution in [0.3, 0.4) is 0 Å². The Balaban J connectivity index is 1.20. The number of aryl methyl sites for hydroxylation is 1. The summed E-state index contributed by atoms with van der Waals surface area (Å²) in [6.07, 6.45) is 3.62. The summed E-state index contributed by atoms with van der Waals surface area (Å²) in [4.78, 5) is 25.3. The van der Waals surface area contributed by atoms with Crippen LogP contribution in [0.1, 0.15) is 22.5 Å². The van der Waals surface area contributed by atoms with E-state index in [1.165, 1.54) is 19.5 Å². The van der Waals surface area contributed by atoms with Crippen molar-refractivity contribution in [1.82, 2.24) is 15.0 Å². The van der Waals surface area contributed by atoms with E-state index >= 15 is 0 Å². The number of anilines is 2. The van der Waals surface area contributed by atoms with Crippen molar-refractivity contribution >= 4 is 28.2 Å². The minimum atomic E-state index is -0.555. The standard InChI is InChI=1S/C31H28FN5O4/c1-19-24-14-21(22-15-25(32)31(39-2)34-17-22)16-28(29(24)36-18-35-19)41-13-5-12-40-23-10-8-20(9-11-23)30(38)37-27-7-4-3-6-26(27)33/h3-4,6-11,14-18H,5,12-13,33H2,1-2H3,(H,37,38). The van der Waals surface area contributed by atoms with E-state index in [0.717, 1.165) is 16.6 Å². The van der Waals surface area contributed by atoms with Crippen LogP contribution in [0.15, 0.2) is 79.3 Å². The number of nitrogens with two attached hydrogens (primary N) is 1. The highest BCUT2D eigenvalue weighted by atomic mass is 19.1. The molecule has 0 saturated carbocycles. The highest BCUT2D eigenvalue weighted by Crippen LogP contribution is 2.33. The van der Waals surface area contributed by atoms with Gasteiger partial charge in [0, 0.05) is 34.8 Å². The molecule has 9 nitrogen and oxygen atoms in total. The first-order valence-electron chi connectivity index (χ1n) is 12.9. The topological polar surface area (TPSA) is 121 Å². The van der Waals surface area contributed by atoms with Crippen molar-refractivity contribution < 1.29 is 23.4 Å². The Kier molecular flexibility index (Phi) is 8.19. The van der Waals surface area contributed by atoms with Crippen molar-refractivity contribution in [3.63, 3.8) is 0 Å². The zero-order valence-corrected chi connectivity index (χ0v) is 22.6. The summed E-state index contributed by atoms with van der Waals surface area (Å²) in [6.45, 7) is 2.63. The number of methoxy groups -OCH3 is 1. The Morgan fingerprint density at radius 3 is 2.49 bits per heavy atom. The number of hydrogen-bond acceptors (Lipinski definition) is 8. The molecule has 0 atom stereocenters. The molecule has 0 aliphatic carbocycles. The van der Waals surface area contributed by atoms with Crippen molar-refractivity contribution in [3.8, 4) is 28.5 Å². The van der Waals surface area contributed by atoms with Crippen LogP contribution < -0.4 is 25.3 Å². The number of carbonyl (C=O) groups excluding carboxylic acids is 1. The van der Waals surface area contributed by atoms with Gasteiger partial charge < -0.3 is 25.3 Å². The van der Waals surface area contributed by atoms with Gasteiger partial charge in [0.2, 0.25) is 5.88 Å². The van der Waals surface area contributed by atoms with Gasteiger partial charge in [-0.2, -0.15) is 0 Å². The minimum Gasteiger partial charge on any atom is -0.493 e. The van der Waals surface area contributed by atoms with Crippen molar-refractivity contribution in [2.75, 3.05) is 31.4 Å². The van der Waals surface area contributed by atoms with Gasteiger partial charge in [0.25, 0.3) is 5.91 Å². The third-order valence-electron chi connectivity index (χ3n) is 6.38. The first kappa shape index (κ1) is 27.3. The fraction of sp³-hybridized carbons (Fsp3) is 0.161. The molecular formula is C31H28FN5O4. The van der Waals surface area contributed by atoms with Crippen molar-refractivity contribution in [3.05, 3.63) is 96.3 Å². The molecule has 3 N–H and O–H groups in total. The molecule has 0 unspecified atom stereocenters. The van der Waals surface area contributed by atoms with Crippen molar-refractivity contribution in [2.24, 2.45) is 0 Å². The van der Waals surface area contributed by atoms with Gasteiger partial charge in [-0.3, -0.25) is 4.79 Å². The third kappa shape index (κ3) is 6.33. The molecule has 2 heterocycles. The number of benzene rings is 3. The van der Waals surface area contributed by atoms with E-state index in [1.807, 2.05) is 19.1 Å². The number of nitrogen functional groups attached to an aromatic ring is 1. The molecule has 208 valence electrons. The lowest BCUT2D eigenvalue weighted by Gasteiger charge is -2.13. The van der Waals surface area contributed by atoms with Crippen LogP contribution in [-0.4, -0.2) is 41.2 Å². The van der Waals surface area contributed by atoms with Gasteiger partial charge in [-0.05, 0) is 67.1 Å². The maximum Gasteiger partial charge on any atom is 0.255 e. The number of aromatic nitrogens is 3. The number of halogens is 1. The van der Waals surface area contributed by atoms with E-state index in [4.69, 9.17) is 19.9 Å². The Labute approximate surface area is 236 Å². The van der Waals surface area contributed by atoms with Gasteiger partial charge in [0.1, 0.15) is 23.3 Å². The van der Waals surface area contributed by atoms with Crippen LogP contribution in [0.4, 0.5) is 15.8 Å². The van der Waals surface area contributed by atoms with Crippen molar-refractivity contribution in [2.45, 2.75) is 13.3 Å². The summed E-state index contributed by atoms with van der Waals surface area (Å²) in [5.74, 6) is 0.296. The van der Waals surface area contributed by atoms with Gasteiger partial charge in [-0.1, -0.05) is 12.1 Å². The lowest BCUT2D eigenvalue weighted by atomic mass is 10.0. The molecule has 0 saturated heterocycles. The van der Waals surface area contributed by atoms with Gasteiger partial charge >= 0.3 is 0 Å². The summed E-state index contributed by atoms with van der Waals surface area (Å²) in [7, 11) is 1.37. The zero-order valence-electron chi connectivity index (χ0n) is 22.6. The van der Waals surface area contributed by atoms with E-state index in [2.05, 4.69) is 20.3 Å². The van der Waals surface area contributed by atoms with E-state index < -0.39 is 5.82 Å². The number of fused-ring (bicyclic) bond motifs is 1. The molecule has 0 fully saturated rings. The highest BCUT2D eigenvalue weighted by Gasteiger charge is 2.14. The van der Waals surface area contributed by atoms with Crippen LogP contribution >= 0.6 is 0 Å². The molecule has 0 bridgehead atoms. The van der Waals surface area contributed by atoms with Gasteiger partial charge in [-0.15, -0.1) is 0 Å². The summed E-state index contributed by atoms with van der Waals surface area (Å²) >= 11 is 0. The molecular weight excluding hydrogens is 525 g/mol. The quantitative estimate of drug-likeness (QED) is 0.164. The number of para-hydroxylation sites is 2. The monoisotopic (exact) mass is 553 g/mol. The van der Waals surface area contributed by atoms with Gasteiger partial charge in [-0.25, -0.2) is 19.3 Å². The zero-order chi connectivity index (χ0) is 28.8. The summed E-state index contributed by atoms with van der Waals surface area (Å²) in [5.41, 5.74) is 10.2. The average Bonchev–Trinajstić information content (AvgIpc) is 2.98. The fourth-order valence-corrected chi connectivity index (χ4v) is 4.21. The number of carbonyl (C=O) groups is 1. The lowest BCUT2D eigenvalue weighted by Crippen LogP contribution is -2.13. The molecule has 0 aliphatic heterocycles. The lowest BCUT2D eigenvalue weighted by molar-refractivity contribution is 0.102. The normalized spacial score (nSPS) is 10.8. The molecule has 41 heavy (non-hydrogen) atoms. The second kappa shape index (κ2) is 12.3. The number of ether oxygens (including phenoxy) is 3. The van der Waals surface area contributed by atoms with Gasteiger partial charge in [0.15, 0.2) is 5.82 Å².